The summed E-state index contributed by atoms with van der Waals surface area (Å²) in [6, 6.07) is 17.6. The predicted molar refractivity (Wildman–Crippen MR) is 109 cm³/mol. The number of carbonyl (C=O) groups is 1. The van der Waals surface area contributed by atoms with Crippen LogP contribution in [0.2, 0.25) is 0 Å². The van der Waals surface area contributed by atoms with Crippen LogP contribution in [0.5, 0.6) is 0 Å². The topological polar surface area (TPSA) is 56.0 Å². The Morgan fingerprint density at radius 2 is 1.70 bits per heavy atom. The zero-order valence-corrected chi connectivity index (χ0v) is 16.8. The molecule has 1 aromatic heterocycles. The first kappa shape index (κ1) is 19.4. The summed E-state index contributed by atoms with van der Waals surface area (Å²) in [5, 5.41) is 8.77. The van der Waals surface area contributed by atoms with Crippen LogP contribution < -0.4 is 0 Å². The molecule has 0 aliphatic rings. The molecule has 0 saturated heterocycles. The van der Waals surface area contributed by atoms with Gasteiger partial charge in [-0.25, -0.2) is 0 Å². The van der Waals surface area contributed by atoms with Crippen molar-refractivity contribution in [3.05, 3.63) is 65.7 Å². The van der Waals surface area contributed by atoms with Gasteiger partial charge in [0, 0.05) is 23.3 Å². The van der Waals surface area contributed by atoms with Crippen molar-refractivity contribution < 1.29 is 9.21 Å². The van der Waals surface area contributed by atoms with Gasteiger partial charge in [-0.1, -0.05) is 75.0 Å². The fourth-order valence-corrected chi connectivity index (χ4v) is 3.36. The maximum Gasteiger partial charge on any atom is 0.276 e. The number of aromatic nitrogens is 2. The summed E-state index contributed by atoms with van der Waals surface area (Å²) in [5.74, 6) is 1.46. The summed E-state index contributed by atoms with van der Waals surface area (Å²) in [4.78, 5) is 12.1. The van der Waals surface area contributed by atoms with E-state index in [0.29, 0.717) is 17.5 Å². The van der Waals surface area contributed by atoms with Crippen LogP contribution in [0, 0.1) is 0 Å². The molecule has 2 aromatic carbocycles. The number of benzene rings is 2. The number of hydrogen-bond acceptors (Lipinski definition) is 5. The molecule has 0 saturated carbocycles. The fraction of sp³-hybridized carbons (Fsp3) is 0.318. The van der Waals surface area contributed by atoms with E-state index in [2.05, 4.69) is 43.1 Å². The van der Waals surface area contributed by atoms with Gasteiger partial charge in [-0.15, -0.1) is 10.2 Å². The smallest absolute Gasteiger partial charge is 0.276 e. The predicted octanol–water partition coefficient (Wildman–Crippen LogP) is 5.79. The van der Waals surface area contributed by atoms with E-state index >= 15 is 0 Å². The minimum atomic E-state index is 0.117. The van der Waals surface area contributed by atoms with E-state index in [1.807, 2.05) is 42.5 Å². The van der Waals surface area contributed by atoms with Gasteiger partial charge in [-0.3, -0.25) is 4.79 Å². The molecule has 1 heterocycles. The highest BCUT2D eigenvalue weighted by Gasteiger charge is 2.15. The molecule has 0 amide bonds. The molecule has 27 heavy (non-hydrogen) atoms. The number of carbonyl (C=O) groups excluding carboxylic acids is 1. The highest BCUT2D eigenvalue weighted by molar-refractivity contribution is 7.99. The molecule has 0 atom stereocenters. The van der Waals surface area contributed by atoms with E-state index in [1.165, 1.54) is 17.3 Å². The van der Waals surface area contributed by atoms with Crippen LogP contribution in [-0.2, 0) is 5.41 Å². The van der Waals surface area contributed by atoms with Crippen molar-refractivity contribution in [2.45, 2.75) is 44.3 Å². The van der Waals surface area contributed by atoms with Gasteiger partial charge >= 0.3 is 0 Å². The first-order valence-corrected chi connectivity index (χ1v) is 10.1. The third-order valence-corrected chi connectivity index (χ3v) is 5.18. The van der Waals surface area contributed by atoms with E-state index in [-0.39, 0.29) is 11.2 Å². The van der Waals surface area contributed by atoms with Gasteiger partial charge in [0.25, 0.3) is 5.22 Å². The number of Topliss-reactive ketones (excluding diaryl/α,β-unsaturated/α-hetero) is 1. The molecule has 0 spiro atoms. The van der Waals surface area contributed by atoms with Crippen molar-refractivity contribution >= 4 is 17.5 Å². The van der Waals surface area contributed by atoms with Crippen LogP contribution in [0.25, 0.3) is 11.5 Å². The summed E-state index contributed by atoms with van der Waals surface area (Å²) < 4.78 is 5.74. The molecule has 0 radical (unpaired) electrons. The largest absolute Gasteiger partial charge is 0.411 e. The average molecular weight is 381 g/mol. The number of rotatable bonds is 7. The molecule has 140 valence electrons. The van der Waals surface area contributed by atoms with E-state index in [9.17, 15) is 4.79 Å². The maximum absolute atomic E-state index is 12.1. The molecule has 0 fully saturated rings. The standard InChI is InChI=1S/C22H24N2O2S/c1-22(2,3)18-13-11-17(12-14-18)20-23-24-21(26-20)27-15-7-10-19(25)16-8-5-4-6-9-16/h4-6,8-9,11-14H,7,10,15H2,1-3H3. The normalized spacial score (nSPS) is 11.5. The number of ketones is 1. The highest BCUT2D eigenvalue weighted by atomic mass is 32.2. The number of hydrogen-bond donors (Lipinski definition) is 0. The van der Waals surface area contributed by atoms with Gasteiger partial charge in [0.15, 0.2) is 5.78 Å². The van der Waals surface area contributed by atoms with Gasteiger partial charge in [0.05, 0.1) is 0 Å². The number of thioether (sulfide) groups is 1. The van der Waals surface area contributed by atoms with Crippen molar-refractivity contribution in [3.63, 3.8) is 0 Å². The van der Waals surface area contributed by atoms with E-state index in [1.54, 1.807) is 0 Å². The SMILES string of the molecule is CC(C)(C)c1ccc(-c2nnc(SCCCC(=O)c3ccccc3)o2)cc1. The Morgan fingerprint density at radius 1 is 1.00 bits per heavy atom. The second-order valence-electron chi connectivity index (χ2n) is 7.44. The summed E-state index contributed by atoms with van der Waals surface area (Å²) >= 11 is 1.49. The molecular weight excluding hydrogens is 356 g/mol. The molecule has 5 heteroatoms. The molecule has 0 N–H and O–H groups in total. The van der Waals surface area contributed by atoms with Gasteiger partial charge in [0.1, 0.15) is 0 Å². The van der Waals surface area contributed by atoms with Gasteiger partial charge < -0.3 is 4.42 Å². The first-order valence-electron chi connectivity index (χ1n) is 9.09. The Kier molecular flexibility index (Phi) is 6.11. The lowest BCUT2D eigenvalue weighted by molar-refractivity contribution is 0.0982. The molecule has 3 rings (SSSR count). The van der Waals surface area contributed by atoms with Crippen LogP contribution in [0.4, 0.5) is 0 Å². The van der Waals surface area contributed by atoms with Gasteiger partial charge in [0.2, 0.25) is 5.89 Å². The molecule has 0 bridgehead atoms. The Hall–Kier alpha value is -2.40. The Morgan fingerprint density at radius 3 is 2.37 bits per heavy atom. The van der Waals surface area contributed by atoms with Gasteiger partial charge in [-0.2, -0.15) is 0 Å². The maximum atomic E-state index is 12.1. The van der Waals surface area contributed by atoms with Crippen molar-refractivity contribution in [2.75, 3.05) is 5.75 Å². The van der Waals surface area contributed by atoms with Gasteiger partial charge in [-0.05, 0) is 29.5 Å². The molecule has 3 aromatic rings. The van der Waals surface area contributed by atoms with Crippen LogP contribution >= 0.6 is 11.8 Å². The molecule has 0 aliphatic carbocycles. The molecule has 0 aliphatic heterocycles. The highest BCUT2D eigenvalue weighted by Crippen LogP contribution is 2.27. The lowest BCUT2D eigenvalue weighted by atomic mass is 9.87. The van der Waals surface area contributed by atoms with Crippen molar-refractivity contribution in [1.29, 1.82) is 0 Å². The summed E-state index contributed by atoms with van der Waals surface area (Å²) in [5.41, 5.74) is 3.07. The lowest BCUT2D eigenvalue weighted by Crippen LogP contribution is -2.10. The zero-order valence-electron chi connectivity index (χ0n) is 15.9. The lowest BCUT2D eigenvalue weighted by Gasteiger charge is -2.18. The first-order chi connectivity index (χ1) is 12.9. The van der Waals surface area contributed by atoms with Crippen LogP contribution in [0.15, 0.2) is 64.2 Å². The van der Waals surface area contributed by atoms with E-state index in [0.717, 1.165) is 23.3 Å². The average Bonchev–Trinajstić information content (AvgIpc) is 3.14. The summed E-state index contributed by atoms with van der Waals surface area (Å²) in [6.07, 6.45) is 1.29. The fourth-order valence-electron chi connectivity index (χ4n) is 2.66. The molecular formula is C22H24N2O2S. The minimum absolute atomic E-state index is 0.117. The van der Waals surface area contributed by atoms with E-state index < -0.39 is 0 Å². The van der Waals surface area contributed by atoms with Crippen LogP contribution in [-0.4, -0.2) is 21.7 Å². The second kappa shape index (κ2) is 8.53. The van der Waals surface area contributed by atoms with Crippen molar-refractivity contribution in [1.82, 2.24) is 10.2 Å². The summed E-state index contributed by atoms with van der Waals surface area (Å²) in [6.45, 7) is 6.56. The monoisotopic (exact) mass is 380 g/mol. The summed E-state index contributed by atoms with van der Waals surface area (Å²) in [7, 11) is 0. The third-order valence-electron chi connectivity index (χ3n) is 4.27. The Balaban J connectivity index is 1.50. The van der Waals surface area contributed by atoms with Crippen molar-refractivity contribution in [2.24, 2.45) is 0 Å². The quantitative estimate of drug-likeness (QED) is 0.295. The van der Waals surface area contributed by atoms with E-state index in [4.69, 9.17) is 4.42 Å². The zero-order chi connectivity index (χ0) is 19.3. The minimum Gasteiger partial charge on any atom is -0.411 e. The second-order valence-corrected chi connectivity index (χ2v) is 8.49. The molecule has 0 unspecified atom stereocenters. The third kappa shape index (κ3) is 5.30. The Bertz CT molecular complexity index is 881. The van der Waals surface area contributed by atoms with Crippen LogP contribution in [0.1, 0.15) is 49.5 Å². The van der Waals surface area contributed by atoms with Crippen molar-refractivity contribution in [3.8, 4) is 11.5 Å². The number of nitrogens with zero attached hydrogens (tertiary/aromatic N) is 2. The Labute approximate surface area is 164 Å². The van der Waals surface area contributed by atoms with Crippen LogP contribution in [0.3, 0.4) is 0 Å². The molecule has 4 nitrogen and oxygen atoms in total.